The van der Waals surface area contributed by atoms with Crippen LogP contribution in [0.25, 0.3) is 17.2 Å². The first kappa shape index (κ1) is 22.3. The van der Waals surface area contributed by atoms with E-state index >= 15 is 0 Å². The van der Waals surface area contributed by atoms with Crippen molar-refractivity contribution in [1.82, 2.24) is 4.90 Å². The molecule has 0 bridgehead atoms. The zero-order chi connectivity index (χ0) is 22.2. The summed E-state index contributed by atoms with van der Waals surface area (Å²) in [5.74, 6) is 1.11. The van der Waals surface area contributed by atoms with Crippen LogP contribution in [0.2, 0.25) is 0 Å². The van der Waals surface area contributed by atoms with Gasteiger partial charge in [-0.1, -0.05) is 38.1 Å². The summed E-state index contributed by atoms with van der Waals surface area (Å²) in [5.41, 5.74) is 10.5. The summed E-state index contributed by atoms with van der Waals surface area (Å²) in [4.78, 5) is 30.0. The molecule has 1 aliphatic heterocycles. The summed E-state index contributed by atoms with van der Waals surface area (Å²) >= 11 is 0. The van der Waals surface area contributed by atoms with Gasteiger partial charge in [-0.25, -0.2) is 4.99 Å². The highest BCUT2D eigenvalue weighted by atomic mass is 16.5. The molecule has 1 heterocycles. The molecule has 2 aromatic rings. The second-order valence-corrected chi connectivity index (χ2v) is 7.52. The topological polar surface area (TPSA) is 85.0 Å². The molecule has 6 heteroatoms. The van der Waals surface area contributed by atoms with Crippen LogP contribution in [-0.2, 0) is 9.59 Å². The van der Waals surface area contributed by atoms with Crippen molar-refractivity contribution < 1.29 is 14.3 Å². The van der Waals surface area contributed by atoms with Gasteiger partial charge in [-0.05, 0) is 48.2 Å². The Morgan fingerprint density at radius 2 is 1.77 bits per heavy atom. The third-order valence-electron chi connectivity index (χ3n) is 5.05. The zero-order valence-electron chi connectivity index (χ0n) is 18.1. The molecule has 3 rings (SSSR count). The lowest BCUT2D eigenvalue weighted by molar-refractivity contribution is -0.127. The predicted molar refractivity (Wildman–Crippen MR) is 124 cm³/mol. The first-order valence-corrected chi connectivity index (χ1v) is 10.7. The van der Waals surface area contributed by atoms with Gasteiger partial charge in [0.15, 0.2) is 6.29 Å². The fraction of sp³-hybridized carbons (Fsp3) is 0.320. The van der Waals surface area contributed by atoms with Crippen molar-refractivity contribution in [2.45, 2.75) is 33.1 Å². The maximum Gasteiger partial charge on any atom is 0.250 e. The lowest BCUT2D eigenvalue weighted by Crippen LogP contribution is -2.34. The molecule has 0 spiro atoms. The number of hydrogen-bond donors (Lipinski definition) is 1. The molecule has 31 heavy (non-hydrogen) atoms. The van der Waals surface area contributed by atoms with Crippen LogP contribution >= 0.6 is 0 Å². The summed E-state index contributed by atoms with van der Waals surface area (Å²) in [6.45, 7) is 5.66. The molecule has 2 N–H and O–H groups in total. The van der Waals surface area contributed by atoms with Gasteiger partial charge >= 0.3 is 0 Å². The van der Waals surface area contributed by atoms with Crippen molar-refractivity contribution in [1.29, 1.82) is 0 Å². The van der Waals surface area contributed by atoms with E-state index in [1.54, 1.807) is 0 Å². The largest absolute Gasteiger partial charge is 0.486 e. The van der Waals surface area contributed by atoms with Crippen molar-refractivity contribution in [3.63, 3.8) is 0 Å². The Bertz CT molecular complexity index is 988. The van der Waals surface area contributed by atoms with Gasteiger partial charge in [-0.2, -0.15) is 0 Å². The Morgan fingerprint density at radius 3 is 2.42 bits per heavy atom. The van der Waals surface area contributed by atoms with Crippen LogP contribution in [0, 0.1) is 0 Å². The minimum atomic E-state index is 0.0321. The molecule has 0 aromatic heterocycles. The Labute approximate surface area is 183 Å². The molecule has 1 aliphatic rings. The van der Waals surface area contributed by atoms with E-state index in [9.17, 15) is 9.59 Å². The first-order chi connectivity index (χ1) is 15.0. The van der Waals surface area contributed by atoms with Gasteiger partial charge < -0.3 is 15.4 Å². The average Bonchev–Trinajstić information content (AvgIpc) is 2.94. The van der Waals surface area contributed by atoms with Crippen LogP contribution in [0.5, 0.6) is 5.75 Å². The van der Waals surface area contributed by atoms with Gasteiger partial charge in [0.2, 0.25) is 5.91 Å². The molecule has 0 radical (unpaired) electrons. The summed E-state index contributed by atoms with van der Waals surface area (Å²) in [6.07, 6.45) is 4.82. The molecular formula is C25H29N3O3. The Morgan fingerprint density at radius 1 is 1.10 bits per heavy atom. The number of carbonyl (C=O) groups is 2. The highest BCUT2D eigenvalue weighted by Crippen LogP contribution is 2.32. The maximum atomic E-state index is 13.1. The lowest BCUT2D eigenvalue weighted by Gasteiger charge is -2.22. The monoisotopic (exact) mass is 419 g/mol. The quantitative estimate of drug-likeness (QED) is 0.612. The number of nitrogens with two attached hydrogens (primary N) is 1. The number of aldehydes is 1. The van der Waals surface area contributed by atoms with E-state index in [2.05, 4.69) is 18.8 Å². The Kier molecular flexibility index (Phi) is 7.60. The predicted octanol–water partition coefficient (Wildman–Crippen LogP) is 4.36. The number of carbonyl (C=O) groups excluding carboxylic acids is 2. The molecule has 6 nitrogen and oxygen atoms in total. The lowest BCUT2D eigenvalue weighted by atomic mass is 10.0. The summed E-state index contributed by atoms with van der Waals surface area (Å²) in [6, 6.07) is 13.5. The Hall–Kier alpha value is -3.41. The molecule has 0 saturated heterocycles. The van der Waals surface area contributed by atoms with E-state index < -0.39 is 0 Å². The van der Waals surface area contributed by atoms with E-state index in [-0.39, 0.29) is 12.5 Å². The van der Waals surface area contributed by atoms with Gasteiger partial charge in [0, 0.05) is 30.6 Å². The number of benzene rings is 2. The molecular weight excluding hydrogens is 390 g/mol. The summed E-state index contributed by atoms with van der Waals surface area (Å²) in [7, 11) is 0. The van der Waals surface area contributed by atoms with Crippen molar-refractivity contribution in [2.75, 3.05) is 19.7 Å². The fourth-order valence-corrected chi connectivity index (χ4v) is 3.64. The summed E-state index contributed by atoms with van der Waals surface area (Å²) in [5, 5.41) is 0. The number of amides is 1. The number of hydrogen-bond acceptors (Lipinski definition) is 5. The minimum Gasteiger partial charge on any atom is -0.486 e. The van der Waals surface area contributed by atoms with Crippen LogP contribution in [0.15, 0.2) is 53.0 Å². The highest BCUT2D eigenvalue weighted by Gasteiger charge is 2.21. The molecule has 2 aromatic carbocycles. The molecule has 0 fully saturated rings. The molecule has 0 unspecified atom stereocenters. The van der Waals surface area contributed by atoms with Crippen LogP contribution in [-0.4, -0.2) is 42.6 Å². The molecule has 1 amide bonds. The van der Waals surface area contributed by atoms with Crippen LogP contribution < -0.4 is 10.5 Å². The minimum absolute atomic E-state index is 0.0321. The van der Waals surface area contributed by atoms with Gasteiger partial charge in [-0.3, -0.25) is 9.59 Å². The average molecular weight is 420 g/mol. The number of rotatable bonds is 9. The fourth-order valence-electron chi connectivity index (χ4n) is 3.64. The molecule has 0 saturated carbocycles. The SMILES string of the molecule is CCCN(CCC)C(=O)C1=Cc2ccc(-c3ccc(OCC=O)cc3)cc2N=C(N)C1. The van der Waals surface area contributed by atoms with E-state index in [0.717, 1.165) is 54.6 Å². The molecule has 162 valence electrons. The third-order valence-corrected chi connectivity index (χ3v) is 5.05. The van der Waals surface area contributed by atoms with Crippen molar-refractivity contribution >= 4 is 29.8 Å². The highest BCUT2D eigenvalue weighted by molar-refractivity contribution is 6.05. The number of ether oxygens (including phenoxy) is 1. The van der Waals surface area contributed by atoms with Gasteiger partial charge in [0.1, 0.15) is 18.2 Å². The molecule has 0 atom stereocenters. The van der Waals surface area contributed by atoms with Gasteiger partial charge in [0.25, 0.3) is 0 Å². The second-order valence-electron chi connectivity index (χ2n) is 7.52. The van der Waals surface area contributed by atoms with E-state index in [4.69, 9.17) is 10.5 Å². The van der Waals surface area contributed by atoms with Crippen molar-refractivity contribution in [3.8, 4) is 16.9 Å². The summed E-state index contributed by atoms with van der Waals surface area (Å²) < 4.78 is 5.31. The number of nitrogens with zero attached hydrogens (tertiary/aromatic N) is 2. The normalized spacial score (nSPS) is 12.8. The van der Waals surface area contributed by atoms with E-state index in [1.165, 1.54) is 0 Å². The van der Waals surface area contributed by atoms with Crippen LogP contribution in [0.3, 0.4) is 0 Å². The number of fused-ring (bicyclic) bond motifs is 1. The first-order valence-electron chi connectivity index (χ1n) is 10.7. The number of aliphatic imine (C=N–C) groups is 1. The van der Waals surface area contributed by atoms with Crippen LogP contribution in [0.4, 0.5) is 5.69 Å². The smallest absolute Gasteiger partial charge is 0.250 e. The van der Waals surface area contributed by atoms with Crippen LogP contribution in [0.1, 0.15) is 38.7 Å². The standard InChI is InChI=1S/C25H29N3O3/c1-3-11-28(12-4-2)25(30)21-15-20-6-5-19(16-23(20)27-24(26)17-21)18-7-9-22(10-8-18)31-14-13-29/h5-10,13,15-16H,3-4,11-12,14,17H2,1-2H3,(H2,26,27). The third kappa shape index (κ3) is 5.60. The Balaban J connectivity index is 1.89. The van der Waals surface area contributed by atoms with Crippen molar-refractivity contribution in [2.24, 2.45) is 10.7 Å². The van der Waals surface area contributed by atoms with Gasteiger partial charge in [-0.15, -0.1) is 0 Å². The zero-order valence-corrected chi connectivity index (χ0v) is 18.1. The van der Waals surface area contributed by atoms with Gasteiger partial charge in [0.05, 0.1) is 5.69 Å². The van der Waals surface area contributed by atoms with Crippen molar-refractivity contribution in [3.05, 3.63) is 53.6 Å². The number of amidine groups is 1. The van der Waals surface area contributed by atoms with E-state index in [1.807, 2.05) is 53.4 Å². The maximum absolute atomic E-state index is 13.1. The second kappa shape index (κ2) is 10.6. The molecule has 0 aliphatic carbocycles. The van der Waals surface area contributed by atoms with E-state index in [0.29, 0.717) is 23.6 Å².